The monoisotopic (exact) mass is 774 g/mol. The van der Waals surface area contributed by atoms with Gasteiger partial charge in [0, 0.05) is 58.7 Å². The molecule has 2 aromatic heterocycles. The number of aryl methyl sites for hydroxylation is 1. The van der Waals surface area contributed by atoms with Crippen molar-refractivity contribution in [3.63, 3.8) is 0 Å². The Morgan fingerprint density at radius 2 is 1.68 bits per heavy atom. The predicted octanol–water partition coefficient (Wildman–Crippen LogP) is 7.89. The first-order valence-electron chi connectivity index (χ1n) is 16.3. The summed E-state index contributed by atoms with van der Waals surface area (Å²) in [6.45, 7) is 6.13. The highest BCUT2D eigenvalue weighted by Crippen LogP contribution is 2.45. The normalized spacial score (nSPS) is 11.3. The topological polar surface area (TPSA) is 128 Å². The van der Waals surface area contributed by atoms with Crippen LogP contribution in [0.2, 0.25) is 15.1 Å². The second kappa shape index (κ2) is 17.1. The number of amides is 1. The van der Waals surface area contributed by atoms with Gasteiger partial charge in [-0.25, -0.2) is 4.98 Å². The number of aromatic nitrogens is 3. The van der Waals surface area contributed by atoms with Gasteiger partial charge in [-0.1, -0.05) is 59.6 Å². The van der Waals surface area contributed by atoms with Crippen LogP contribution in [0.1, 0.15) is 16.7 Å². The third-order valence-corrected chi connectivity index (χ3v) is 9.15. The molecule has 274 valence electrons. The fraction of sp³-hybridized carbons (Fsp3) is 0.205. The molecular formula is C39H37Cl3N6O5. The van der Waals surface area contributed by atoms with Crippen molar-refractivity contribution in [3.8, 4) is 22.6 Å². The van der Waals surface area contributed by atoms with E-state index in [1.165, 1.54) is 30.9 Å². The third-order valence-electron chi connectivity index (χ3n) is 8.18. The minimum Gasteiger partial charge on any atom is -0.495 e. The smallest absolute Gasteiger partial charge is 0.260 e. The minimum atomic E-state index is -0.454. The second-order valence-corrected chi connectivity index (χ2v) is 13.5. The number of ether oxygens (including phenoxy) is 2. The number of fused-ring (bicyclic) bond motifs is 1. The number of halogens is 3. The van der Waals surface area contributed by atoms with Crippen LogP contribution in [0.3, 0.4) is 0 Å². The van der Waals surface area contributed by atoms with Crippen LogP contribution in [0.4, 0.5) is 17.3 Å². The largest absolute Gasteiger partial charge is 0.495 e. The molecule has 0 aliphatic carbocycles. The van der Waals surface area contributed by atoms with E-state index in [1.807, 2.05) is 25.9 Å². The summed E-state index contributed by atoms with van der Waals surface area (Å²) in [5.74, 6) is 0.261. The zero-order chi connectivity index (χ0) is 38.4. The number of nitrogens with one attached hydrogen (secondary N) is 2. The summed E-state index contributed by atoms with van der Waals surface area (Å²) in [4.78, 5) is 50.6. The first-order chi connectivity index (χ1) is 25.3. The van der Waals surface area contributed by atoms with Gasteiger partial charge in [-0.05, 0) is 74.1 Å². The van der Waals surface area contributed by atoms with Gasteiger partial charge in [0.05, 0.1) is 36.4 Å². The number of hydrogen-bond donors (Lipinski definition) is 2. The molecule has 0 bridgehead atoms. The lowest BCUT2D eigenvalue weighted by molar-refractivity contribution is -0.114. The third kappa shape index (κ3) is 9.06. The van der Waals surface area contributed by atoms with E-state index in [9.17, 15) is 14.4 Å². The molecular weight excluding hydrogens is 739 g/mol. The van der Waals surface area contributed by atoms with Crippen molar-refractivity contribution in [1.82, 2.24) is 19.4 Å². The molecule has 5 rings (SSSR count). The molecule has 3 aromatic carbocycles. The zero-order valence-corrected chi connectivity index (χ0v) is 32.0. The summed E-state index contributed by atoms with van der Waals surface area (Å²) in [5.41, 5.74) is 3.55. The summed E-state index contributed by atoms with van der Waals surface area (Å²) < 4.78 is 12.4. The zero-order valence-electron chi connectivity index (χ0n) is 29.7. The van der Waals surface area contributed by atoms with Crippen molar-refractivity contribution >= 4 is 74.8 Å². The van der Waals surface area contributed by atoms with Crippen molar-refractivity contribution in [3.05, 3.63) is 122 Å². The van der Waals surface area contributed by atoms with E-state index in [-0.39, 0.29) is 63.3 Å². The highest BCUT2D eigenvalue weighted by atomic mass is 35.5. The molecule has 0 aliphatic rings. The van der Waals surface area contributed by atoms with Gasteiger partial charge in [0.25, 0.3) is 5.56 Å². The number of anilines is 3. The molecule has 5 aromatic rings. The van der Waals surface area contributed by atoms with Crippen LogP contribution in [-0.2, 0) is 22.6 Å². The van der Waals surface area contributed by atoms with E-state index in [1.54, 1.807) is 60.8 Å². The quantitative estimate of drug-likeness (QED) is 0.108. The van der Waals surface area contributed by atoms with Crippen LogP contribution < -0.4 is 25.7 Å². The maximum atomic E-state index is 14.6. The molecule has 0 atom stereocenters. The van der Waals surface area contributed by atoms with Gasteiger partial charge in [-0.3, -0.25) is 19.0 Å². The Morgan fingerprint density at radius 3 is 2.30 bits per heavy atom. The van der Waals surface area contributed by atoms with Gasteiger partial charge >= 0.3 is 0 Å². The van der Waals surface area contributed by atoms with Crippen molar-refractivity contribution in [1.29, 1.82) is 0 Å². The summed E-state index contributed by atoms with van der Waals surface area (Å²) >= 11 is 19.9. The van der Waals surface area contributed by atoms with Gasteiger partial charge in [0.1, 0.15) is 17.1 Å². The minimum absolute atomic E-state index is 0.0588. The molecule has 14 heteroatoms. The highest BCUT2D eigenvalue weighted by Gasteiger charge is 2.24. The Kier molecular flexibility index (Phi) is 12.6. The number of nitrogens with zero attached hydrogens (tertiary/aromatic N) is 4. The molecule has 11 nitrogen and oxygen atoms in total. The molecule has 0 fully saturated rings. The molecule has 0 unspecified atom stereocenters. The number of carbonyl (C=O) groups is 2. The fourth-order valence-corrected chi connectivity index (χ4v) is 6.60. The number of benzene rings is 3. The molecule has 0 saturated carbocycles. The second-order valence-electron chi connectivity index (χ2n) is 12.3. The van der Waals surface area contributed by atoms with E-state index in [0.29, 0.717) is 39.5 Å². The molecule has 2 N–H and O–H groups in total. The Bertz CT molecular complexity index is 2280. The predicted molar refractivity (Wildman–Crippen MR) is 213 cm³/mol. The van der Waals surface area contributed by atoms with Crippen molar-refractivity contribution in [2.45, 2.75) is 19.9 Å². The van der Waals surface area contributed by atoms with Gasteiger partial charge in [-0.2, -0.15) is 4.98 Å². The number of likely N-dealkylation sites (N-methyl/N-ethyl adjacent to an activating group) is 1. The average Bonchev–Trinajstić information content (AvgIpc) is 3.12. The van der Waals surface area contributed by atoms with Gasteiger partial charge in [-0.15, -0.1) is 0 Å². The maximum Gasteiger partial charge on any atom is 0.260 e. The van der Waals surface area contributed by atoms with E-state index >= 15 is 0 Å². The van der Waals surface area contributed by atoms with Gasteiger partial charge in [0.2, 0.25) is 11.9 Å². The molecule has 53 heavy (non-hydrogen) atoms. The SMILES string of the molecule is C=CC(=O)Cc1cc(Cl)cc(C)c1Nc1ncc2cc(-c3c(Cl)c(OC)cc(OC)c3Cl)c(=O)n(Cc3ccc(NC(=O)/C=C/CN(C)C)cc3)c2n1. The van der Waals surface area contributed by atoms with E-state index < -0.39 is 5.56 Å². The van der Waals surface area contributed by atoms with Crippen LogP contribution in [0.25, 0.3) is 22.2 Å². The Hall–Kier alpha value is -5.20. The number of rotatable bonds is 14. The molecule has 0 saturated heterocycles. The van der Waals surface area contributed by atoms with Crippen molar-refractivity contribution in [2.24, 2.45) is 0 Å². The number of allylic oxidation sites excluding steroid dienone is 1. The fourth-order valence-electron chi connectivity index (χ4n) is 5.60. The number of ketones is 1. The Balaban J connectivity index is 1.63. The molecule has 0 aliphatic heterocycles. The van der Waals surface area contributed by atoms with Gasteiger partial charge < -0.3 is 25.0 Å². The number of carbonyl (C=O) groups excluding carboxylic acids is 2. The van der Waals surface area contributed by atoms with Crippen LogP contribution in [0.5, 0.6) is 11.5 Å². The maximum absolute atomic E-state index is 14.6. The summed E-state index contributed by atoms with van der Waals surface area (Å²) in [6.07, 6.45) is 6.13. The van der Waals surface area contributed by atoms with E-state index in [4.69, 9.17) is 49.3 Å². The van der Waals surface area contributed by atoms with E-state index in [0.717, 1.165) is 11.1 Å². The van der Waals surface area contributed by atoms with Crippen LogP contribution in [0, 0.1) is 6.92 Å². The summed E-state index contributed by atoms with van der Waals surface area (Å²) in [5, 5.41) is 7.30. The standard InChI is InChI=1S/C39H37Cl3N6O5/c1-7-28(49)17-24-16-26(40)15-22(2)36(24)45-39-43-20-25-18-29(33-34(41)30(52-5)19-31(53-6)35(33)42)38(51)48(37(25)46-39)21-23-10-12-27(13-11-23)44-32(50)9-8-14-47(3)4/h7-13,15-16,18-20H,1,14,17,21H2,2-6H3,(H,44,50)(H,43,45,46)/b9-8+. The van der Waals surface area contributed by atoms with Crippen LogP contribution in [-0.4, -0.2) is 66.0 Å². The number of pyridine rings is 1. The lowest BCUT2D eigenvalue weighted by atomic mass is 10.0. The summed E-state index contributed by atoms with van der Waals surface area (Å²) in [7, 11) is 6.73. The number of methoxy groups -OCH3 is 2. The molecule has 1 amide bonds. The molecule has 0 radical (unpaired) electrons. The lowest BCUT2D eigenvalue weighted by Gasteiger charge is -2.18. The molecule has 2 heterocycles. The van der Waals surface area contributed by atoms with Crippen LogP contribution >= 0.6 is 34.8 Å². The average molecular weight is 776 g/mol. The first-order valence-corrected chi connectivity index (χ1v) is 17.4. The van der Waals surface area contributed by atoms with Gasteiger partial charge in [0.15, 0.2) is 5.78 Å². The van der Waals surface area contributed by atoms with E-state index in [2.05, 4.69) is 22.2 Å². The van der Waals surface area contributed by atoms with Crippen molar-refractivity contribution in [2.75, 3.05) is 45.5 Å². The summed E-state index contributed by atoms with van der Waals surface area (Å²) in [6, 6.07) is 13.7. The Morgan fingerprint density at radius 1 is 1.00 bits per heavy atom. The number of hydrogen-bond acceptors (Lipinski definition) is 9. The Labute approximate surface area is 321 Å². The lowest BCUT2D eigenvalue weighted by Crippen LogP contribution is -2.24. The highest BCUT2D eigenvalue weighted by molar-refractivity contribution is 6.41. The molecule has 0 spiro atoms. The van der Waals surface area contributed by atoms with Crippen molar-refractivity contribution < 1.29 is 19.1 Å². The first kappa shape index (κ1) is 39.0. The van der Waals surface area contributed by atoms with Crippen LogP contribution in [0.15, 0.2) is 84.3 Å².